The second kappa shape index (κ2) is 8.10. The summed E-state index contributed by atoms with van der Waals surface area (Å²) >= 11 is 0. The quantitative estimate of drug-likeness (QED) is 0.716. The summed E-state index contributed by atoms with van der Waals surface area (Å²) in [5, 5.41) is 2.86. The number of pyridine rings is 1. The summed E-state index contributed by atoms with van der Waals surface area (Å²) in [6, 6.07) is 14.5. The third-order valence-corrected chi connectivity index (χ3v) is 4.56. The molecule has 1 aliphatic heterocycles. The molecule has 1 atom stereocenters. The van der Waals surface area contributed by atoms with E-state index in [4.69, 9.17) is 18.9 Å². The molecule has 1 N–H and O–H groups in total. The van der Waals surface area contributed by atoms with Crippen molar-refractivity contribution in [2.45, 2.75) is 6.10 Å². The number of nitrogens with zero attached hydrogens (tertiary/aromatic N) is 1. The highest BCUT2D eigenvalue weighted by molar-refractivity contribution is 5.95. The third-order valence-electron chi connectivity index (χ3n) is 4.56. The summed E-state index contributed by atoms with van der Waals surface area (Å²) in [5.41, 5.74) is 2.49. The van der Waals surface area contributed by atoms with Crippen molar-refractivity contribution in [3.8, 4) is 34.1 Å². The molecule has 1 unspecified atom stereocenters. The van der Waals surface area contributed by atoms with Gasteiger partial charge in [-0.25, -0.2) is 0 Å². The summed E-state index contributed by atoms with van der Waals surface area (Å²) in [6.45, 7) is 0.122. The monoisotopic (exact) mass is 392 g/mol. The molecular weight excluding hydrogens is 372 g/mol. The normalized spacial score (nSPS) is 14.8. The Morgan fingerprint density at radius 1 is 1.03 bits per heavy atom. The molecular formula is C22H20N2O5. The van der Waals surface area contributed by atoms with E-state index in [9.17, 15) is 4.79 Å². The molecule has 0 saturated heterocycles. The number of benzene rings is 2. The van der Waals surface area contributed by atoms with Gasteiger partial charge in [-0.3, -0.25) is 9.78 Å². The Labute approximate surface area is 168 Å². The van der Waals surface area contributed by atoms with E-state index in [0.29, 0.717) is 28.7 Å². The van der Waals surface area contributed by atoms with Crippen LogP contribution in [0.25, 0.3) is 11.1 Å². The molecule has 2 heterocycles. The van der Waals surface area contributed by atoms with Crippen LogP contribution in [0.4, 0.5) is 5.69 Å². The van der Waals surface area contributed by atoms with E-state index in [-0.39, 0.29) is 12.5 Å². The van der Waals surface area contributed by atoms with Crippen molar-refractivity contribution in [2.75, 3.05) is 26.1 Å². The van der Waals surface area contributed by atoms with Crippen molar-refractivity contribution in [2.24, 2.45) is 0 Å². The van der Waals surface area contributed by atoms with Gasteiger partial charge >= 0.3 is 0 Å². The highest BCUT2D eigenvalue weighted by atomic mass is 16.6. The fourth-order valence-corrected chi connectivity index (χ4v) is 3.07. The Balaban J connectivity index is 1.50. The van der Waals surface area contributed by atoms with Crippen LogP contribution in [0.15, 0.2) is 60.9 Å². The Morgan fingerprint density at radius 2 is 1.86 bits per heavy atom. The van der Waals surface area contributed by atoms with Crippen molar-refractivity contribution < 1.29 is 23.7 Å². The minimum atomic E-state index is -0.777. The standard InChI is InChI=1S/C22H20N2O5/c1-26-16-4-6-18-20(12-16)29-21(13-28-18)22(25)24-15-3-5-17(19(11-15)27-2)14-7-9-23-10-8-14/h3-12,21H,13H2,1-2H3,(H,24,25). The lowest BCUT2D eigenvalue weighted by Gasteiger charge is -2.26. The molecule has 1 amide bonds. The summed E-state index contributed by atoms with van der Waals surface area (Å²) < 4.78 is 22.1. The van der Waals surface area contributed by atoms with Gasteiger partial charge in [0.05, 0.1) is 14.2 Å². The van der Waals surface area contributed by atoms with Gasteiger partial charge in [-0.2, -0.15) is 0 Å². The topological polar surface area (TPSA) is 78.9 Å². The molecule has 1 aliphatic rings. The molecule has 7 heteroatoms. The van der Waals surface area contributed by atoms with E-state index in [1.54, 1.807) is 50.9 Å². The average Bonchev–Trinajstić information content (AvgIpc) is 2.78. The van der Waals surface area contributed by atoms with Gasteiger partial charge in [-0.05, 0) is 42.0 Å². The van der Waals surface area contributed by atoms with Crippen LogP contribution >= 0.6 is 0 Å². The minimum absolute atomic E-state index is 0.122. The van der Waals surface area contributed by atoms with Crippen LogP contribution in [-0.2, 0) is 4.79 Å². The number of hydrogen-bond donors (Lipinski definition) is 1. The fourth-order valence-electron chi connectivity index (χ4n) is 3.07. The molecule has 29 heavy (non-hydrogen) atoms. The maximum atomic E-state index is 12.7. The summed E-state index contributed by atoms with van der Waals surface area (Å²) in [6.07, 6.45) is 2.66. The Kier molecular flexibility index (Phi) is 5.20. The second-order valence-electron chi connectivity index (χ2n) is 6.37. The molecule has 0 fully saturated rings. The first kappa shape index (κ1) is 18.6. The van der Waals surface area contributed by atoms with E-state index < -0.39 is 6.10 Å². The van der Waals surface area contributed by atoms with Crippen LogP contribution in [0.3, 0.4) is 0 Å². The maximum absolute atomic E-state index is 12.7. The number of amides is 1. The zero-order valence-electron chi connectivity index (χ0n) is 16.0. The number of ether oxygens (including phenoxy) is 4. The SMILES string of the molecule is COc1ccc2c(c1)OC(C(=O)Nc1ccc(-c3ccncc3)c(OC)c1)CO2. The molecule has 1 aromatic heterocycles. The lowest BCUT2D eigenvalue weighted by Crippen LogP contribution is -2.40. The first-order chi connectivity index (χ1) is 14.2. The molecule has 7 nitrogen and oxygen atoms in total. The molecule has 148 valence electrons. The molecule has 3 aromatic rings. The number of anilines is 1. The first-order valence-corrected chi connectivity index (χ1v) is 9.04. The van der Waals surface area contributed by atoms with Gasteiger partial charge < -0.3 is 24.3 Å². The fraction of sp³-hybridized carbons (Fsp3) is 0.182. The minimum Gasteiger partial charge on any atom is -0.497 e. The van der Waals surface area contributed by atoms with Gasteiger partial charge in [0.15, 0.2) is 11.5 Å². The zero-order valence-corrected chi connectivity index (χ0v) is 16.0. The number of carbonyl (C=O) groups is 1. The number of carbonyl (C=O) groups excluding carboxylic acids is 1. The van der Waals surface area contributed by atoms with Crippen LogP contribution in [0.5, 0.6) is 23.0 Å². The van der Waals surface area contributed by atoms with Gasteiger partial charge in [0.25, 0.3) is 5.91 Å². The molecule has 2 aromatic carbocycles. The summed E-state index contributed by atoms with van der Waals surface area (Å²) in [4.78, 5) is 16.7. The molecule has 0 saturated carbocycles. The van der Waals surface area contributed by atoms with Crippen molar-refractivity contribution in [3.05, 3.63) is 60.9 Å². The van der Waals surface area contributed by atoms with E-state index in [1.165, 1.54) is 0 Å². The number of rotatable bonds is 5. The number of nitrogens with one attached hydrogen (secondary N) is 1. The third kappa shape index (κ3) is 3.94. The van der Waals surface area contributed by atoms with Gasteiger partial charge in [0.1, 0.15) is 18.1 Å². The Hall–Kier alpha value is -3.74. The number of fused-ring (bicyclic) bond motifs is 1. The highest BCUT2D eigenvalue weighted by Gasteiger charge is 2.28. The Morgan fingerprint density at radius 3 is 2.62 bits per heavy atom. The smallest absolute Gasteiger partial charge is 0.269 e. The lowest BCUT2D eigenvalue weighted by atomic mass is 10.1. The van der Waals surface area contributed by atoms with E-state index in [2.05, 4.69) is 10.3 Å². The molecule has 0 radical (unpaired) electrons. The number of hydrogen-bond acceptors (Lipinski definition) is 6. The van der Waals surface area contributed by atoms with Crippen LogP contribution in [0.2, 0.25) is 0 Å². The van der Waals surface area contributed by atoms with Crippen LogP contribution < -0.4 is 24.3 Å². The van der Waals surface area contributed by atoms with E-state index in [1.807, 2.05) is 24.3 Å². The van der Waals surface area contributed by atoms with Crippen molar-refractivity contribution >= 4 is 11.6 Å². The number of aromatic nitrogens is 1. The second-order valence-corrected chi connectivity index (χ2v) is 6.37. The Bertz CT molecular complexity index is 1020. The van der Waals surface area contributed by atoms with Crippen molar-refractivity contribution in [3.63, 3.8) is 0 Å². The van der Waals surface area contributed by atoms with Crippen molar-refractivity contribution in [1.29, 1.82) is 0 Å². The van der Waals surface area contributed by atoms with Gasteiger partial charge in [0, 0.05) is 35.8 Å². The van der Waals surface area contributed by atoms with Gasteiger partial charge in [-0.1, -0.05) is 0 Å². The summed E-state index contributed by atoms with van der Waals surface area (Å²) in [5.74, 6) is 2.02. The van der Waals surface area contributed by atoms with Gasteiger partial charge in [-0.15, -0.1) is 0 Å². The van der Waals surface area contributed by atoms with Crippen LogP contribution in [-0.4, -0.2) is 37.8 Å². The van der Waals surface area contributed by atoms with Crippen molar-refractivity contribution in [1.82, 2.24) is 4.98 Å². The van der Waals surface area contributed by atoms with E-state index in [0.717, 1.165) is 11.1 Å². The average molecular weight is 392 g/mol. The maximum Gasteiger partial charge on any atom is 0.269 e. The molecule has 0 aliphatic carbocycles. The molecule has 0 spiro atoms. The first-order valence-electron chi connectivity index (χ1n) is 9.04. The highest BCUT2D eigenvalue weighted by Crippen LogP contribution is 2.36. The predicted octanol–water partition coefficient (Wildman–Crippen LogP) is 3.54. The zero-order chi connectivity index (χ0) is 20.2. The van der Waals surface area contributed by atoms with Crippen LogP contribution in [0, 0.1) is 0 Å². The predicted molar refractivity (Wildman–Crippen MR) is 108 cm³/mol. The largest absolute Gasteiger partial charge is 0.497 e. The van der Waals surface area contributed by atoms with Crippen LogP contribution in [0.1, 0.15) is 0 Å². The van der Waals surface area contributed by atoms with E-state index >= 15 is 0 Å². The van der Waals surface area contributed by atoms with Gasteiger partial charge in [0.2, 0.25) is 6.10 Å². The lowest BCUT2D eigenvalue weighted by molar-refractivity contribution is -0.125. The number of methoxy groups -OCH3 is 2. The molecule has 4 rings (SSSR count). The summed E-state index contributed by atoms with van der Waals surface area (Å²) in [7, 11) is 3.16. The molecule has 0 bridgehead atoms.